The van der Waals surface area contributed by atoms with E-state index in [1.54, 1.807) is 11.3 Å². The molecule has 3 aromatic rings. The second kappa shape index (κ2) is 3.96. The van der Waals surface area contributed by atoms with E-state index in [1.807, 2.05) is 17.9 Å². The number of hydrogen-bond acceptors (Lipinski definition) is 3. The zero-order valence-electron chi connectivity index (χ0n) is 9.51. The summed E-state index contributed by atoms with van der Waals surface area (Å²) in [5, 5.41) is 4.26. The highest BCUT2D eigenvalue weighted by molar-refractivity contribution is 9.10. The maximum Gasteiger partial charge on any atom is 0.194 e. The standard InChI is InChI=1S/C11H11BrN4S/c1-7-4-16-6-9(13-11(16)17-7)3-8-5-15(2)14-10(8)12/h4-6H,3H2,1-2H3. The van der Waals surface area contributed by atoms with Gasteiger partial charge < -0.3 is 0 Å². The maximum absolute atomic E-state index is 4.60. The van der Waals surface area contributed by atoms with Gasteiger partial charge in [0.2, 0.25) is 0 Å². The second-order valence-electron chi connectivity index (χ2n) is 4.06. The third-order valence-corrected chi connectivity index (χ3v) is 4.13. The van der Waals surface area contributed by atoms with Crippen molar-refractivity contribution in [1.82, 2.24) is 19.2 Å². The van der Waals surface area contributed by atoms with E-state index in [-0.39, 0.29) is 0 Å². The summed E-state index contributed by atoms with van der Waals surface area (Å²) in [6.07, 6.45) is 7.01. The average Bonchev–Trinajstić information content (AvgIpc) is 2.81. The number of fused-ring (bicyclic) bond motifs is 1. The highest BCUT2D eigenvalue weighted by Gasteiger charge is 2.09. The summed E-state index contributed by atoms with van der Waals surface area (Å²) in [5.74, 6) is 0. The van der Waals surface area contributed by atoms with E-state index in [0.717, 1.165) is 27.2 Å². The molecule has 0 aliphatic carbocycles. The van der Waals surface area contributed by atoms with Gasteiger partial charge in [-0.15, -0.1) is 11.3 Å². The molecule has 4 nitrogen and oxygen atoms in total. The van der Waals surface area contributed by atoms with E-state index in [1.165, 1.54) is 4.88 Å². The molecule has 3 heterocycles. The van der Waals surface area contributed by atoms with Crippen LogP contribution in [0.15, 0.2) is 23.2 Å². The first-order valence-corrected chi connectivity index (χ1v) is 6.85. The first-order valence-electron chi connectivity index (χ1n) is 5.24. The molecule has 0 radical (unpaired) electrons. The lowest BCUT2D eigenvalue weighted by atomic mass is 10.2. The molecule has 3 rings (SSSR count). The van der Waals surface area contributed by atoms with Crippen molar-refractivity contribution >= 4 is 32.2 Å². The quantitative estimate of drug-likeness (QED) is 0.729. The van der Waals surface area contributed by atoms with Gasteiger partial charge in [-0.05, 0) is 22.9 Å². The van der Waals surface area contributed by atoms with Crippen molar-refractivity contribution < 1.29 is 0 Å². The molecule has 0 saturated heterocycles. The molecular weight excluding hydrogens is 300 g/mol. The molecule has 0 amide bonds. The van der Waals surface area contributed by atoms with Crippen LogP contribution >= 0.6 is 27.3 Å². The Bertz CT molecular complexity index is 647. The molecule has 0 unspecified atom stereocenters. The van der Waals surface area contributed by atoms with E-state index in [0.29, 0.717) is 0 Å². The van der Waals surface area contributed by atoms with Crippen LogP contribution in [0.5, 0.6) is 0 Å². The summed E-state index contributed by atoms with van der Waals surface area (Å²) < 4.78 is 4.79. The number of thiazole rings is 1. The van der Waals surface area contributed by atoms with Gasteiger partial charge in [0.1, 0.15) is 4.60 Å². The minimum absolute atomic E-state index is 0.807. The molecule has 0 atom stereocenters. The van der Waals surface area contributed by atoms with Crippen molar-refractivity contribution in [3.8, 4) is 0 Å². The van der Waals surface area contributed by atoms with Gasteiger partial charge in [-0.3, -0.25) is 9.08 Å². The number of nitrogens with zero attached hydrogens (tertiary/aromatic N) is 4. The van der Waals surface area contributed by atoms with Crippen LogP contribution in [0.2, 0.25) is 0 Å². The fourth-order valence-electron chi connectivity index (χ4n) is 1.87. The Hall–Kier alpha value is -1.14. The zero-order valence-corrected chi connectivity index (χ0v) is 11.9. The highest BCUT2D eigenvalue weighted by Crippen LogP contribution is 2.21. The van der Waals surface area contributed by atoms with Crippen molar-refractivity contribution in [2.24, 2.45) is 7.05 Å². The fraction of sp³-hybridized carbons (Fsp3) is 0.273. The first-order chi connectivity index (χ1) is 8.11. The Morgan fingerprint density at radius 2 is 2.18 bits per heavy atom. The molecule has 0 bridgehead atoms. The monoisotopic (exact) mass is 310 g/mol. The van der Waals surface area contributed by atoms with Gasteiger partial charge >= 0.3 is 0 Å². The second-order valence-corrected chi connectivity index (χ2v) is 6.02. The molecule has 0 aliphatic heterocycles. The van der Waals surface area contributed by atoms with Crippen LogP contribution in [0.3, 0.4) is 0 Å². The number of aromatic nitrogens is 4. The molecule has 3 aromatic heterocycles. The third kappa shape index (κ3) is 2.02. The predicted molar refractivity (Wildman–Crippen MR) is 71.5 cm³/mol. The largest absolute Gasteiger partial charge is 0.297 e. The SMILES string of the molecule is Cc1cn2cc(Cc3cn(C)nc3Br)nc2s1. The van der Waals surface area contributed by atoms with Crippen molar-refractivity contribution in [2.45, 2.75) is 13.3 Å². The van der Waals surface area contributed by atoms with E-state index >= 15 is 0 Å². The normalized spacial score (nSPS) is 11.5. The third-order valence-electron chi connectivity index (χ3n) is 2.55. The Morgan fingerprint density at radius 1 is 1.35 bits per heavy atom. The molecule has 0 aliphatic rings. The molecule has 0 saturated carbocycles. The number of halogens is 1. The van der Waals surface area contributed by atoms with Crippen LogP contribution in [0.25, 0.3) is 4.96 Å². The lowest BCUT2D eigenvalue weighted by molar-refractivity contribution is 0.760. The molecular formula is C11H11BrN4S. The topological polar surface area (TPSA) is 35.1 Å². The lowest BCUT2D eigenvalue weighted by Gasteiger charge is -1.92. The fourth-order valence-corrected chi connectivity index (χ4v) is 3.19. The Morgan fingerprint density at radius 3 is 2.82 bits per heavy atom. The Kier molecular flexibility index (Phi) is 2.56. The maximum atomic E-state index is 4.60. The summed E-state index contributed by atoms with van der Waals surface area (Å²) in [7, 11) is 1.92. The molecule has 0 aromatic carbocycles. The van der Waals surface area contributed by atoms with E-state index in [9.17, 15) is 0 Å². The molecule has 88 valence electrons. The van der Waals surface area contributed by atoms with Crippen LogP contribution in [0.4, 0.5) is 0 Å². The van der Waals surface area contributed by atoms with Gasteiger partial charge in [-0.1, -0.05) is 0 Å². The summed E-state index contributed by atoms with van der Waals surface area (Å²) >= 11 is 5.17. The number of aryl methyl sites for hydroxylation is 2. The van der Waals surface area contributed by atoms with Gasteiger partial charge in [-0.2, -0.15) is 5.10 Å². The van der Waals surface area contributed by atoms with Crippen LogP contribution in [0, 0.1) is 6.92 Å². The summed E-state index contributed by atoms with van der Waals surface area (Å²) in [5.41, 5.74) is 2.24. The van der Waals surface area contributed by atoms with Crippen LogP contribution in [-0.4, -0.2) is 19.2 Å². The minimum Gasteiger partial charge on any atom is -0.297 e. The van der Waals surface area contributed by atoms with E-state index in [2.05, 4.69) is 49.7 Å². The van der Waals surface area contributed by atoms with Gasteiger partial charge in [0.15, 0.2) is 4.96 Å². The van der Waals surface area contributed by atoms with Gasteiger partial charge in [0.25, 0.3) is 0 Å². The first kappa shape index (κ1) is 11.0. The molecule has 17 heavy (non-hydrogen) atoms. The summed E-state index contributed by atoms with van der Waals surface area (Å²) in [6, 6.07) is 0. The molecule has 0 fully saturated rings. The van der Waals surface area contributed by atoms with Crippen LogP contribution < -0.4 is 0 Å². The van der Waals surface area contributed by atoms with Gasteiger partial charge in [0, 0.05) is 42.5 Å². The van der Waals surface area contributed by atoms with E-state index < -0.39 is 0 Å². The van der Waals surface area contributed by atoms with Crippen molar-refractivity contribution in [1.29, 1.82) is 0 Å². The Labute approximate surface area is 111 Å². The minimum atomic E-state index is 0.807. The predicted octanol–water partition coefficient (Wildman–Crippen LogP) is 2.79. The number of hydrogen-bond donors (Lipinski definition) is 0. The van der Waals surface area contributed by atoms with Crippen molar-refractivity contribution in [3.63, 3.8) is 0 Å². The number of imidazole rings is 1. The Balaban J connectivity index is 1.94. The summed E-state index contributed by atoms with van der Waals surface area (Å²) in [4.78, 5) is 6.94. The van der Waals surface area contributed by atoms with Gasteiger partial charge in [0.05, 0.1) is 5.69 Å². The number of rotatable bonds is 2. The highest BCUT2D eigenvalue weighted by atomic mass is 79.9. The van der Waals surface area contributed by atoms with Crippen LogP contribution in [0.1, 0.15) is 16.1 Å². The lowest BCUT2D eigenvalue weighted by Crippen LogP contribution is -1.87. The van der Waals surface area contributed by atoms with Crippen molar-refractivity contribution in [3.05, 3.63) is 39.3 Å². The van der Waals surface area contributed by atoms with Gasteiger partial charge in [-0.25, -0.2) is 4.98 Å². The van der Waals surface area contributed by atoms with Crippen molar-refractivity contribution in [2.75, 3.05) is 0 Å². The molecule has 0 N–H and O–H groups in total. The summed E-state index contributed by atoms with van der Waals surface area (Å²) in [6.45, 7) is 2.09. The molecule has 0 spiro atoms. The zero-order chi connectivity index (χ0) is 12.0. The van der Waals surface area contributed by atoms with Crippen LogP contribution in [-0.2, 0) is 13.5 Å². The average molecular weight is 311 g/mol. The van der Waals surface area contributed by atoms with E-state index in [4.69, 9.17) is 0 Å². The molecule has 6 heteroatoms. The smallest absolute Gasteiger partial charge is 0.194 e.